The molecular weight excluding hydrogens is 230 g/mol. The number of allylic oxidation sites excluding steroid dienone is 1. The molecule has 1 atom stereocenters. The Morgan fingerprint density at radius 2 is 1.67 bits per heavy atom. The maximum atomic E-state index is 12.8. The van der Waals surface area contributed by atoms with Crippen molar-refractivity contribution in [2.45, 2.75) is 18.8 Å². The van der Waals surface area contributed by atoms with Crippen LogP contribution in [-0.2, 0) is 4.79 Å². The molecule has 8 heteroatoms. The molecule has 0 aliphatic carbocycles. The van der Waals surface area contributed by atoms with Crippen molar-refractivity contribution in [1.29, 1.82) is 0 Å². The van der Waals surface area contributed by atoms with Gasteiger partial charge >= 0.3 is 6.18 Å². The van der Waals surface area contributed by atoms with Crippen LogP contribution in [0.25, 0.3) is 0 Å². The topological polar surface area (TPSA) is 40.1 Å². The van der Waals surface area contributed by atoms with E-state index in [0.29, 0.717) is 0 Å². The van der Waals surface area contributed by atoms with Crippen molar-refractivity contribution in [3.05, 3.63) is 11.4 Å². The van der Waals surface area contributed by atoms with Gasteiger partial charge in [0.15, 0.2) is 11.5 Å². The SMILES string of the molecule is CC(F)(CF)C(F)=C(C(=O)[O-])C(F)(F)F. The summed E-state index contributed by atoms with van der Waals surface area (Å²) in [5.41, 5.74) is -6.48. The van der Waals surface area contributed by atoms with Gasteiger partial charge in [0.05, 0.1) is 5.97 Å². The Kier molecular flexibility index (Phi) is 3.78. The van der Waals surface area contributed by atoms with Gasteiger partial charge in [0.25, 0.3) is 0 Å². The normalized spacial score (nSPS) is 18.1. The molecule has 0 heterocycles. The first-order valence-corrected chi connectivity index (χ1v) is 3.47. The van der Waals surface area contributed by atoms with Crippen LogP contribution in [0.3, 0.4) is 0 Å². The number of hydrogen-bond donors (Lipinski definition) is 0. The van der Waals surface area contributed by atoms with Gasteiger partial charge in [0, 0.05) is 0 Å². The number of rotatable bonds is 3. The molecule has 0 saturated heterocycles. The van der Waals surface area contributed by atoms with Crippen LogP contribution in [0.15, 0.2) is 11.4 Å². The Bertz CT molecular complexity index is 290. The van der Waals surface area contributed by atoms with Crippen LogP contribution < -0.4 is 5.11 Å². The lowest BCUT2D eigenvalue weighted by Gasteiger charge is -2.20. The van der Waals surface area contributed by atoms with Gasteiger partial charge in [-0.15, -0.1) is 0 Å². The van der Waals surface area contributed by atoms with Crippen LogP contribution in [0.4, 0.5) is 26.3 Å². The Morgan fingerprint density at radius 1 is 1.27 bits per heavy atom. The molecule has 0 saturated carbocycles. The van der Waals surface area contributed by atoms with Crippen molar-refractivity contribution in [1.82, 2.24) is 0 Å². The molecule has 15 heavy (non-hydrogen) atoms. The molecule has 0 aromatic rings. The van der Waals surface area contributed by atoms with Crippen LogP contribution in [0, 0.1) is 0 Å². The van der Waals surface area contributed by atoms with Gasteiger partial charge in [-0.3, -0.25) is 0 Å². The van der Waals surface area contributed by atoms with Crippen LogP contribution in [0.1, 0.15) is 6.92 Å². The summed E-state index contributed by atoms with van der Waals surface area (Å²) in [6.07, 6.45) is -5.65. The average molecular weight is 235 g/mol. The van der Waals surface area contributed by atoms with Crippen molar-refractivity contribution in [3.63, 3.8) is 0 Å². The molecule has 0 N–H and O–H groups in total. The van der Waals surface area contributed by atoms with E-state index < -0.39 is 35.9 Å². The number of carboxylic acid groups (broad SMARTS) is 1. The zero-order valence-corrected chi connectivity index (χ0v) is 7.29. The summed E-state index contributed by atoms with van der Waals surface area (Å²) in [7, 11) is 0. The summed E-state index contributed by atoms with van der Waals surface area (Å²) >= 11 is 0. The Balaban J connectivity index is 5.60. The number of carbonyl (C=O) groups excluding carboxylic acids is 1. The third kappa shape index (κ3) is 3.14. The minimum Gasteiger partial charge on any atom is -0.545 e. The third-order valence-corrected chi connectivity index (χ3v) is 1.42. The van der Waals surface area contributed by atoms with Crippen molar-refractivity contribution in [2.24, 2.45) is 0 Å². The van der Waals surface area contributed by atoms with Gasteiger partial charge in [0.2, 0.25) is 0 Å². The zero-order chi connectivity index (χ0) is 12.4. The number of carboxylic acids is 1. The molecule has 0 rings (SSSR count). The minimum absolute atomic E-state index is 0.150. The van der Waals surface area contributed by atoms with Crippen LogP contribution >= 0.6 is 0 Å². The smallest absolute Gasteiger partial charge is 0.420 e. The van der Waals surface area contributed by atoms with E-state index in [-0.39, 0.29) is 6.92 Å². The lowest BCUT2D eigenvalue weighted by atomic mass is 10.0. The first-order chi connectivity index (χ1) is 6.54. The Hall–Kier alpha value is -1.21. The largest absolute Gasteiger partial charge is 0.545 e. The average Bonchev–Trinajstić information content (AvgIpc) is 2.00. The molecule has 0 spiro atoms. The number of hydrogen-bond acceptors (Lipinski definition) is 2. The quantitative estimate of drug-likeness (QED) is 0.545. The fourth-order valence-electron chi connectivity index (χ4n) is 0.649. The van der Waals surface area contributed by atoms with Gasteiger partial charge in [-0.1, -0.05) is 0 Å². The summed E-state index contributed by atoms with van der Waals surface area (Å²) in [6, 6.07) is 0. The van der Waals surface area contributed by atoms with Crippen molar-refractivity contribution >= 4 is 5.97 Å². The number of alkyl halides is 5. The first kappa shape index (κ1) is 13.8. The van der Waals surface area contributed by atoms with Crippen LogP contribution in [-0.4, -0.2) is 24.5 Å². The molecule has 2 nitrogen and oxygen atoms in total. The van der Waals surface area contributed by atoms with E-state index in [1.807, 2.05) is 0 Å². The number of halogens is 6. The summed E-state index contributed by atoms with van der Waals surface area (Å²) in [4.78, 5) is 9.93. The van der Waals surface area contributed by atoms with Gasteiger partial charge < -0.3 is 9.90 Å². The summed E-state index contributed by atoms with van der Waals surface area (Å²) in [5.74, 6) is -5.69. The Morgan fingerprint density at radius 3 is 1.87 bits per heavy atom. The van der Waals surface area contributed by atoms with Crippen LogP contribution in [0.2, 0.25) is 0 Å². The minimum atomic E-state index is -5.65. The first-order valence-electron chi connectivity index (χ1n) is 3.47. The number of aliphatic carboxylic acids is 1. The summed E-state index contributed by atoms with van der Waals surface area (Å²) in [5, 5.41) is 9.93. The molecule has 0 bridgehead atoms. The summed E-state index contributed by atoms with van der Waals surface area (Å²) < 4.78 is 72.9. The molecule has 0 aliphatic rings. The van der Waals surface area contributed by atoms with Gasteiger partial charge in [0.1, 0.15) is 12.2 Å². The van der Waals surface area contributed by atoms with Gasteiger partial charge in [-0.25, -0.2) is 13.2 Å². The monoisotopic (exact) mass is 235 g/mol. The molecule has 0 aliphatic heterocycles. The predicted molar refractivity (Wildman–Crippen MR) is 34.7 cm³/mol. The summed E-state index contributed by atoms with van der Waals surface area (Å²) in [6.45, 7) is -1.97. The van der Waals surface area contributed by atoms with Crippen molar-refractivity contribution < 1.29 is 36.2 Å². The zero-order valence-electron chi connectivity index (χ0n) is 7.29. The highest BCUT2D eigenvalue weighted by molar-refractivity contribution is 5.87. The highest BCUT2D eigenvalue weighted by Gasteiger charge is 2.44. The highest BCUT2D eigenvalue weighted by Crippen LogP contribution is 2.35. The predicted octanol–water partition coefficient (Wildman–Crippen LogP) is 1.22. The molecule has 0 aromatic carbocycles. The maximum absolute atomic E-state index is 12.8. The maximum Gasteiger partial charge on any atom is 0.420 e. The van der Waals surface area contributed by atoms with Gasteiger partial charge in [-0.2, -0.15) is 13.2 Å². The van der Waals surface area contributed by atoms with E-state index in [4.69, 9.17) is 0 Å². The second kappa shape index (κ2) is 4.11. The second-order valence-electron chi connectivity index (χ2n) is 2.81. The second-order valence-corrected chi connectivity index (χ2v) is 2.81. The lowest BCUT2D eigenvalue weighted by Crippen LogP contribution is -2.37. The highest BCUT2D eigenvalue weighted by atomic mass is 19.4. The van der Waals surface area contributed by atoms with E-state index in [9.17, 15) is 36.2 Å². The van der Waals surface area contributed by atoms with Crippen molar-refractivity contribution in [3.8, 4) is 0 Å². The van der Waals surface area contributed by atoms with Gasteiger partial charge in [-0.05, 0) is 6.92 Å². The van der Waals surface area contributed by atoms with E-state index in [1.54, 1.807) is 0 Å². The molecule has 0 radical (unpaired) electrons. The molecule has 1 unspecified atom stereocenters. The molecule has 88 valence electrons. The molecule has 0 aromatic heterocycles. The standard InChI is InChI=1S/C7H6F6O2/c1-6(10,2-8)4(9)3(5(14)15)7(11,12)13/h2H2,1H3,(H,14,15)/p-1. The van der Waals surface area contributed by atoms with Crippen LogP contribution in [0.5, 0.6) is 0 Å². The van der Waals surface area contributed by atoms with E-state index in [0.717, 1.165) is 0 Å². The fourth-order valence-corrected chi connectivity index (χ4v) is 0.649. The number of carbonyl (C=O) groups is 1. The van der Waals surface area contributed by atoms with E-state index in [2.05, 4.69) is 0 Å². The Labute approximate surface area is 80.2 Å². The fraction of sp³-hybridized carbons (Fsp3) is 0.571. The van der Waals surface area contributed by atoms with Crippen molar-refractivity contribution in [2.75, 3.05) is 6.67 Å². The molecular formula is C7H5F6O2-. The third-order valence-electron chi connectivity index (χ3n) is 1.42. The lowest BCUT2D eigenvalue weighted by molar-refractivity contribution is -0.304. The van der Waals surface area contributed by atoms with E-state index >= 15 is 0 Å². The van der Waals surface area contributed by atoms with E-state index in [1.165, 1.54) is 0 Å². The molecule has 0 amide bonds. The molecule has 0 fully saturated rings.